The summed E-state index contributed by atoms with van der Waals surface area (Å²) >= 11 is 0. The third kappa shape index (κ3) is 3.69. The Labute approximate surface area is 155 Å². The highest BCUT2D eigenvalue weighted by molar-refractivity contribution is 5.78. The molecule has 27 heavy (non-hydrogen) atoms. The highest BCUT2D eigenvalue weighted by Crippen LogP contribution is 2.38. The summed E-state index contributed by atoms with van der Waals surface area (Å²) in [6.45, 7) is 0.678. The number of halogens is 3. The molecule has 2 aliphatic rings. The number of nitrogens with one attached hydrogen (secondary N) is 2. The van der Waals surface area contributed by atoms with Gasteiger partial charge < -0.3 is 10.6 Å². The zero-order valence-corrected chi connectivity index (χ0v) is 14.6. The monoisotopic (exact) mass is 375 g/mol. The minimum Gasteiger partial charge on any atom is -0.356 e. The van der Waals surface area contributed by atoms with Crippen molar-refractivity contribution in [1.82, 2.24) is 15.6 Å². The van der Waals surface area contributed by atoms with E-state index in [1.807, 2.05) is 6.07 Å². The van der Waals surface area contributed by atoms with Gasteiger partial charge in [0, 0.05) is 30.7 Å². The number of hydrogen-bond acceptors (Lipinski definition) is 3. The molecule has 1 aromatic heterocycles. The van der Waals surface area contributed by atoms with Crippen LogP contribution in [0.2, 0.25) is 0 Å². The second-order valence-electron chi connectivity index (χ2n) is 7.34. The molecule has 0 radical (unpaired) electrons. The summed E-state index contributed by atoms with van der Waals surface area (Å²) < 4.78 is 38.2. The molecule has 1 aromatic carbocycles. The molecule has 2 aliphatic heterocycles. The van der Waals surface area contributed by atoms with Gasteiger partial charge in [0.15, 0.2) is 0 Å². The molecule has 3 heterocycles. The van der Waals surface area contributed by atoms with E-state index >= 15 is 0 Å². The Morgan fingerprint density at radius 1 is 1.07 bits per heavy atom. The van der Waals surface area contributed by atoms with Crippen LogP contribution in [-0.2, 0) is 11.0 Å². The van der Waals surface area contributed by atoms with Gasteiger partial charge in [-0.3, -0.25) is 9.78 Å². The molecule has 2 N–H and O–H groups in total. The Hall–Kier alpha value is -2.41. The minimum atomic E-state index is -4.34. The highest BCUT2D eigenvalue weighted by Gasteiger charge is 2.42. The van der Waals surface area contributed by atoms with E-state index < -0.39 is 11.7 Å². The molecule has 1 spiro atoms. The van der Waals surface area contributed by atoms with Crippen LogP contribution in [0.15, 0.2) is 42.6 Å². The molecule has 2 fully saturated rings. The lowest BCUT2D eigenvalue weighted by atomic mass is 9.87. The molecule has 4 nitrogen and oxygen atoms in total. The maximum Gasteiger partial charge on any atom is 0.416 e. The third-order valence-corrected chi connectivity index (χ3v) is 5.50. The second-order valence-corrected chi connectivity index (χ2v) is 7.34. The summed E-state index contributed by atoms with van der Waals surface area (Å²) in [5.74, 6) is 0.0702. The van der Waals surface area contributed by atoms with Crippen molar-refractivity contribution in [2.45, 2.75) is 43.4 Å². The number of alkyl halides is 3. The van der Waals surface area contributed by atoms with Crippen molar-refractivity contribution in [2.24, 2.45) is 0 Å². The Balaban J connectivity index is 1.54. The fourth-order valence-electron chi connectivity index (χ4n) is 4.06. The summed E-state index contributed by atoms with van der Waals surface area (Å²) in [6.07, 6.45) is 0.517. The minimum absolute atomic E-state index is 0.0466. The van der Waals surface area contributed by atoms with Crippen LogP contribution in [0.1, 0.15) is 43.0 Å². The number of pyridine rings is 1. The van der Waals surface area contributed by atoms with Crippen molar-refractivity contribution < 1.29 is 18.0 Å². The van der Waals surface area contributed by atoms with E-state index in [1.165, 1.54) is 12.1 Å². The van der Waals surface area contributed by atoms with Crippen molar-refractivity contribution in [2.75, 3.05) is 6.54 Å². The quantitative estimate of drug-likeness (QED) is 0.839. The van der Waals surface area contributed by atoms with Gasteiger partial charge in [-0.05, 0) is 54.7 Å². The zero-order chi connectivity index (χ0) is 19.1. The van der Waals surface area contributed by atoms with Crippen LogP contribution in [0.4, 0.5) is 13.2 Å². The lowest BCUT2D eigenvalue weighted by molar-refractivity contribution is -0.137. The highest BCUT2D eigenvalue weighted by atomic mass is 19.4. The number of aromatic nitrogens is 1. The maximum absolute atomic E-state index is 12.7. The van der Waals surface area contributed by atoms with Crippen LogP contribution in [0, 0.1) is 0 Å². The molecule has 4 rings (SSSR count). The zero-order valence-electron chi connectivity index (χ0n) is 14.6. The topological polar surface area (TPSA) is 54.0 Å². The van der Waals surface area contributed by atoms with E-state index in [-0.39, 0.29) is 17.5 Å². The lowest BCUT2D eigenvalue weighted by Gasteiger charge is -2.34. The number of hydrogen-bond donors (Lipinski definition) is 2. The average molecular weight is 375 g/mol. The standard InChI is InChI=1S/C20H20F3N3O/c21-20(22,23)15-3-1-13(2-4-15)14-6-9-24-17(11-14)16-5-7-19(26-16)8-10-25-18(27)12-19/h1-4,6,9,11,16,26H,5,7-8,10,12H2,(H,25,27)/t16-,19-/m0/s1. The van der Waals surface area contributed by atoms with Gasteiger partial charge in [0.2, 0.25) is 5.91 Å². The molecule has 2 saturated heterocycles. The summed E-state index contributed by atoms with van der Waals surface area (Å²) in [7, 11) is 0. The van der Waals surface area contributed by atoms with Gasteiger partial charge in [-0.1, -0.05) is 12.1 Å². The summed E-state index contributed by atoms with van der Waals surface area (Å²) in [4.78, 5) is 16.2. The fraction of sp³-hybridized carbons (Fsp3) is 0.400. The molecule has 0 aliphatic carbocycles. The summed E-state index contributed by atoms with van der Waals surface area (Å²) in [5, 5.41) is 6.45. The molecule has 2 aromatic rings. The number of nitrogens with zero attached hydrogens (tertiary/aromatic N) is 1. The van der Waals surface area contributed by atoms with Gasteiger partial charge in [-0.15, -0.1) is 0 Å². The number of carbonyl (C=O) groups excluding carboxylic acids is 1. The largest absolute Gasteiger partial charge is 0.416 e. The van der Waals surface area contributed by atoms with E-state index in [1.54, 1.807) is 12.3 Å². The van der Waals surface area contributed by atoms with Crippen LogP contribution in [0.25, 0.3) is 11.1 Å². The second kappa shape index (κ2) is 6.64. The Morgan fingerprint density at radius 2 is 1.85 bits per heavy atom. The Kier molecular flexibility index (Phi) is 4.42. The van der Waals surface area contributed by atoms with Crippen molar-refractivity contribution in [3.8, 4) is 11.1 Å². The lowest BCUT2D eigenvalue weighted by Crippen LogP contribution is -2.51. The molecule has 0 unspecified atom stereocenters. The van der Waals surface area contributed by atoms with Crippen LogP contribution in [-0.4, -0.2) is 23.0 Å². The summed E-state index contributed by atoms with van der Waals surface area (Å²) in [6, 6.07) is 8.92. The molecule has 0 saturated carbocycles. The van der Waals surface area contributed by atoms with E-state index in [0.29, 0.717) is 13.0 Å². The van der Waals surface area contributed by atoms with Crippen LogP contribution in [0.5, 0.6) is 0 Å². The van der Waals surface area contributed by atoms with Crippen molar-refractivity contribution >= 4 is 5.91 Å². The molecule has 0 bridgehead atoms. The maximum atomic E-state index is 12.7. The molecule has 2 atom stereocenters. The molecule has 7 heteroatoms. The predicted molar refractivity (Wildman–Crippen MR) is 94.8 cm³/mol. The van der Waals surface area contributed by atoms with Crippen molar-refractivity contribution in [1.29, 1.82) is 0 Å². The van der Waals surface area contributed by atoms with Crippen LogP contribution in [0.3, 0.4) is 0 Å². The van der Waals surface area contributed by atoms with E-state index in [4.69, 9.17) is 0 Å². The fourth-order valence-corrected chi connectivity index (χ4v) is 4.06. The first-order valence-corrected chi connectivity index (χ1v) is 9.03. The van der Waals surface area contributed by atoms with E-state index in [2.05, 4.69) is 15.6 Å². The van der Waals surface area contributed by atoms with Gasteiger partial charge in [0.25, 0.3) is 0 Å². The Bertz CT molecular complexity index is 850. The van der Waals surface area contributed by atoms with Gasteiger partial charge in [-0.2, -0.15) is 13.2 Å². The normalized spacial score (nSPS) is 25.6. The van der Waals surface area contributed by atoms with Crippen LogP contribution >= 0.6 is 0 Å². The third-order valence-electron chi connectivity index (χ3n) is 5.50. The smallest absolute Gasteiger partial charge is 0.356 e. The Morgan fingerprint density at radius 3 is 2.56 bits per heavy atom. The number of amides is 1. The average Bonchev–Trinajstić information content (AvgIpc) is 3.04. The SMILES string of the molecule is O=C1C[C@@]2(CCN1)CC[C@@H](c1cc(-c3ccc(C(F)(F)F)cc3)ccn1)N2. The van der Waals surface area contributed by atoms with Gasteiger partial charge >= 0.3 is 6.18 Å². The van der Waals surface area contributed by atoms with E-state index in [9.17, 15) is 18.0 Å². The van der Waals surface area contributed by atoms with Gasteiger partial charge in [0.1, 0.15) is 0 Å². The van der Waals surface area contributed by atoms with Crippen molar-refractivity contribution in [3.05, 3.63) is 53.9 Å². The van der Waals surface area contributed by atoms with E-state index in [0.717, 1.165) is 48.2 Å². The van der Waals surface area contributed by atoms with Crippen molar-refractivity contribution in [3.63, 3.8) is 0 Å². The first kappa shape index (κ1) is 18.0. The number of piperidine rings is 1. The number of benzene rings is 1. The first-order valence-electron chi connectivity index (χ1n) is 9.03. The van der Waals surface area contributed by atoms with Gasteiger partial charge in [0.05, 0.1) is 11.3 Å². The summed E-state index contributed by atoms with van der Waals surface area (Å²) in [5.41, 5.74) is 1.58. The molecule has 1 amide bonds. The van der Waals surface area contributed by atoms with Crippen LogP contribution < -0.4 is 10.6 Å². The van der Waals surface area contributed by atoms with Gasteiger partial charge in [-0.25, -0.2) is 0 Å². The molecular weight excluding hydrogens is 355 g/mol. The number of carbonyl (C=O) groups is 1. The predicted octanol–water partition coefficient (Wildman–Crippen LogP) is 3.84. The number of rotatable bonds is 2. The molecular formula is C20H20F3N3O. The molecule has 142 valence electrons. The first-order chi connectivity index (χ1) is 12.8.